The standard InChI is InChI=1S/C16H22FNOSi/c1-20(2,3)12-9-16(19)7-10-18(11-8-16)15-6-4-5-14(17)13-15/h4-6,13,19H,7-8,10-11H2,1-3H3. The third-order valence-electron chi connectivity index (χ3n) is 3.43. The van der Waals surface area contributed by atoms with Gasteiger partial charge in [-0.3, -0.25) is 0 Å². The van der Waals surface area contributed by atoms with E-state index in [4.69, 9.17) is 0 Å². The van der Waals surface area contributed by atoms with Crippen molar-refractivity contribution in [2.24, 2.45) is 0 Å². The third-order valence-corrected chi connectivity index (χ3v) is 4.31. The molecule has 4 heteroatoms. The van der Waals surface area contributed by atoms with Crippen LogP contribution < -0.4 is 4.90 Å². The van der Waals surface area contributed by atoms with Gasteiger partial charge in [-0.05, 0) is 18.2 Å². The third kappa shape index (κ3) is 4.09. The van der Waals surface area contributed by atoms with E-state index in [0.717, 1.165) is 5.69 Å². The first-order valence-electron chi connectivity index (χ1n) is 7.05. The maximum atomic E-state index is 13.2. The number of hydrogen-bond acceptors (Lipinski definition) is 2. The van der Waals surface area contributed by atoms with Crippen molar-refractivity contribution in [2.75, 3.05) is 18.0 Å². The average molecular weight is 291 g/mol. The van der Waals surface area contributed by atoms with Crippen LogP contribution in [0.15, 0.2) is 24.3 Å². The van der Waals surface area contributed by atoms with Gasteiger partial charge in [0.25, 0.3) is 0 Å². The normalized spacial score (nSPS) is 18.4. The van der Waals surface area contributed by atoms with Crippen LogP contribution in [0, 0.1) is 17.3 Å². The average Bonchev–Trinajstić information content (AvgIpc) is 2.37. The topological polar surface area (TPSA) is 23.5 Å². The molecule has 0 aliphatic carbocycles. The van der Waals surface area contributed by atoms with Gasteiger partial charge in [0.15, 0.2) is 0 Å². The van der Waals surface area contributed by atoms with Gasteiger partial charge in [-0.2, -0.15) is 0 Å². The van der Waals surface area contributed by atoms with E-state index >= 15 is 0 Å². The van der Waals surface area contributed by atoms with Crippen molar-refractivity contribution in [3.05, 3.63) is 30.1 Å². The SMILES string of the molecule is C[Si](C)(C)C#CC1(O)CCN(c2cccc(F)c2)CC1. The lowest BCUT2D eigenvalue weighted by Gasteiger charge is -2.36. The van der Waals surface area contributed by atoms with E-state index < -0.39 is 13.7 Å². The Hall–Kier alpha value is -1.31. The molecular weight excluding hydrogens is 269 g/mol. The fourth-order valence-electron chi connectivity index (χ4n) is 2.24. The van der Waals surface area contributed by atoms with Crippen LogP contribution in [0.4, 0.5) is 10.1 Å². The predicted octanol–water partition coefficient (Wildman–Crippen LogP) is 3.04. The summed E-state index contributed by atoms with van der Waals surface area (Å²) in [6.45, 7) is 7.93. The molecule has 0 radical (unpaired) electrons. The van der Waals surface area contributed by atoms with Gasteiger partial charge in [0, 0.05) is 31.6 Å². The van der Waals surface area contributed by atoms with Gasteiger partial charge in [0.2, 0.25) is 0 Å². The Bertz CT molecular complexity index is 533. The van der Waals surface area contributed by atoms with Crippen molar-refractivity contribution in [3.8, 4) is 11.5 Å². The van der Waals surface area contributed by atoms with E-state index in [1.54, 1.807) is 6.07 Å². The molecule has 108 valence electrons. The second-order valence-corrected chi connectivity index (χ2v) is 11.2. The lowest BCUT2D eigenvalue weighted by Crippen LogP contribution is -2.44. The zero-order valence-corrected chi connectivity index (χ0v) is 13.4. The molecule has 0 saturated carbocycles. The first kappa shape index (κ1) is 15.1. The largest absolute Gasteiger partial charge is 0.377 e. The zero-order chi connectivity index (χ0) is 14.8. The van der Waals surface area contributed by atoms with Gasteiger partial charge in [-0.25, -0.2) is 4.39 Å². The van der Waals surface area contributed by atoms with Crippen LogP contribution in [0.25, 0.3) is 0 Å². The van der Waals surface area contributed by atoms with Gasteiger partial charge in [0.1, 0.15) is 19.5 Å². The highest BCUT2D eigenvalue weighted by molar-refractivity contribution is 6.83. The van der Waals surface area contributed by atoms with Crippen LogP contribution in [-0.2, 0) is 0 Å². The molecule has 1 N–H and O–H groups in total. The Kier molecular flexibility index (Phi) is 4.21. The smallest absolute Gasteiger partial charge is 0.129 e. The highest BCUT2D eigenvalue weighted by atomic mass is 28.3. The van der Waals surface area contributed by atoms with E-state index in [0.29, 0.717) is 25.9 Å². The van der Waals surface area contributed by atoms with Crippen LogP contribution in [0.5, 0.6) is 0 Å². The van der Waals surface area contributed by atoms with E-state index in [9.17, 15) is 9.50 Å². The van der Waals surface area contributed by atoms with Crippen molar-refractivity contribution in [1.29, 1.82) is 0 Å². The molecule has 1 saturated heterocycles. The molecule has 2 rings (SSSR count). The van der Waals surface area contributed by atoms with Gasteiger partial charge >= 0.3 is 0 Å². The molecule has 0 aromatic heterocycles. The number of hydrogen-bond donors (Lipinski definition) is 1. The van der Waals surface area contributed by atoms with Crippen LogP contribution in [0.1, 0.15) is 12.8 Å². The molecule has 0 unspecified atom stereocenters. The lowest BCUT2D eigenvalue weighted by molar-refractivity contribution is 0.0747. The molecule has 1 aromatic rings. The summed E-state index contributed by atoms with van der Waals surface area (Å²) in [6.07, 6.45) is 1.22. The number of rotatable bonds is 1. The molecule has 1 fully saturated rings. The molecule has 0 bridgehead atoms. The molecule has 0 spiro atoms. The quantitative estimate of drug-likeness (QED) is 0.635. The Balaban J connectivity index is 2.03. The molecule has 1 aliphatic rings. The number of nitrogens with zero attached hydrogens (tertiary/aromatic N) is 1. The first-order chi connectivity index (χ1) is 9.27. The van der Waals surface area contributed by atoms with Crippen LogP contribution in [0.3, 0.4) is 0 Å². The molecule has 20 heavy (non-hydrogen) atoms. The van der Waals surface area contributed by atoms with Gasteiger partial charge in [-0.15, -0.1) is 5.54 Å². The molecule has 1 aliphatic heterocycles. The number of aliphatic hydroxyl groups is 1. The predicted molar refractivity (Wildman–Crippen MR) is 83.9 cm³/mol. The summed E-state index contributed by atoms with van der Waals surface area (Å²) in [4.78, 5) is 2.10. The van der Waals surface area contributed by atoms with Crippen molar-refractivity contribution in [2.45, 2.75) is 38.1 Å². The fraction of sp³-hybridized carbons (Fsp3) is 0.500. The minimum atomic E-state index is -1.46. The summed E-state index contributed by atoms with van der Waals surface area (Å²) in [5.74, 6) is 2.87. The van der Waals surface area contributed by atoms with E-state index in [1.165, 1.54) is 12.1 Å². The van der Waals surface area contributed by atoms with Gasteiger partial charge in [-0.1, -0.05) is 31.6 Å². The number of piperidine rings is 1. The molecule has 2 nitrogen and oxygen atoms in total. The number of benzene rings is 1. The molecule has 1 aromatic carbocycles. The summed E-state index contributed by atoms with van der Waals surface area (Å²) in [6, 6.07) is 6.61. The lowest BCUT2D eigenvalue weighted by atomic mass is 9.92. The highest BCUT2D eigenvalue weighted by Crippen LogP contribution is 2.26. The minimum Gasteiger partial charge on any atom is -0.377 e. The number of anilines is 1. The van der Waals surface area contributed by atoms with Crippen molar-refractivity contribution >= 4 is 13.8 Å². The second kappa shape index (κ2) is 5.59. The second-order valence-electron chi connectivity index (χ2n) is 6.50. The van der Waals surface area contributed by atoms with Gasteiger partial charge < -0.3 is 10.0 Å². The summed E-state index contributed by atoms with van der Waals surface area (Å²) in [5, 5.41) is 10.5. The number of halogens is 1. The highest BCUT2D eigenvalue weighted by Gasteiger charge is 2.31. The zero-order valence-electron chi connectivity index (χ0n) is 12.4. The summed E-state index contributed by atoms with van der Waals surface area (Å²) in [7, 11) is -1.46. The molecule has 1 heterocycles. The Morgan fingerprint density at radius 2 is 1.90 bits per heavy atom. The summed E-state index contributed by atoms with van der Waals surface area (Å²) < 4.78 is 13.2. The monoisotopic (exact) mass is 291 g/mol. The Morgan fingerprint density at radius 1 is 1.25 bits per heavy atom. The van der Waals surface area contributed by atoms with E-state index in [1.807, 2.05) is 6.07 Å². The van der Waals surface area contributed by atoms with Crippen molar-refractivity contribution in [3.63, 3.8) is 0 Å². The Labute approximate surface area is 121 Å². The van der Waals surface area contributed by atoms with Crippen molar-refractivity contribution in [1.82, 2.24) is 0 Å². The Morgan fingerprint density at radius 3 is 2.45 bits per heavy atom. The maximum absolute atomic E-state index is 13.2. The van der Waals surface area contributed by atoms with Crippen LogP contribution >= 0.6 is 0 Å². The molecular formula is C16H22FNOSi. The van der Waals surface area contributed by atoms with E-state index in [2.05, 4.69) is 36.0 Å². The summed E-state index contributed by atoms with van der Waals surface area (Å²) in [5.41, 5.74) is 3.27. The van der Waals surface area contributed by atoms with Crippen LogP contribution in [-0.4, -0.2) is 31.9 Å². The molecule has 0 amide bonds. The summed E-state index contributed by atoms with van der Waals surface area (Å²) >= 11 is 0. The van der Waals surface area contributed by atoms with Crippen molar-refractivity contribution < 1.29 is 9.50 Å². The van der Waals surface area contributed by atoms with Gasteiger partial charge in [0.05, 0.1) is 0 Å². The minimum absolute atomic E-state index is 0.221. The molecule has 0 atom stereocenters. The van der Waals surface area contributed by atoms with Crippen LogP contribution in [0.2, 0.25) is 19.6 Å². The first-order valence-corrected chi connectivity index (χ1v) is 10.5. The van der Waals surface area contributed by atoms with E-state index in [-0.39, 0.29) is 5.82 Å². The fourth-order valence-corrected chi connectivity index (χ4v) is 2.84. The maximum Gasteiger partial charge on any atom is 0.129 e.